The normalized spacial score (nSPS) is 11.6. The van der Waals surface area contributed by atoms with Gasteiger partial charge in [-0.25, -0.2) is 13.1 Å². The summed E-state index contributed by atoms with van der Waals surface area (Å²) in [7, 11) is -3.63. The van der Waals surface area contributed by atoms with Crippen LogP contribution >= 0.6 is 0 Å². The number of aryl methyl sites for hydroxylation is 2. The minimum Gasteiger partial charge on any atom is -0.494 e. The highest BCUT2D eigenvalue weighted by atomic mass is 32.2. The molecular formula is C14H18N2O4S. The molecule has 1 aromatic carbocycles. The molecule has 1 aromatic heterocycles. The summed E-state index contributed by atoms with van der Waals surface area (Å²) in [6.45, 7) is 5.87. The van der Waals surface area contributed by atoms with Crippen LogP contribution in [0.15, 0.2) is 33.7 Å². The van der Waals surface area contributed by atoms with Crippen LogP contribution in [0.5, 0.6) is 5.75 Å². The van der Waals surface area contributed by atoms with E-state index in [9.17, 15) is 8.42 Å². The Morgan fingerprint density at radius 2 is 1.90 bits per heavy atom. The lowest BCUT2D eigenvalue weighted by molar-refractivity contribution is 0.340. The monoisotopic (exact) mass is 310 g/mol. The number of hydrogen-bond acceptors (Lipinski definition) is 5. The fraction of sp³-hybridized carbons (Fsp3) is 0.357. The number of benzene rings is 1. The first-order chi connectivity index (χ1) is 9.94. The van der Waals surface area contributed by atoms with Gasteiger partial charge in [0.25, 0.3) is 0 Å². The summed E-state index contributed by atoms with van der Waals surface area (Å²) in [5.74, 6) is 1.04. The van der Waals surface area contributed by atoms with Crippen LogP contribution in [-0.2, 0) is 16.6 Å². The highest BCUT2D eigenvalue weighted by molar-refractivity contribution is 7.89. The zero-order valence-electron chi connectivity index (χ0n) is 12.2. The minimum atomic E-state index is -3.63. The number of sulfonamides is 1. The molecule has 2 aromatic rings. The molecule has 1 heterocycles. The second-order valence-corrected chi connectivity index (χ2v) is 6.26. The summed E-state index contributed by atoms with van der Waals surface area (Å²) in [5, 5.41) is 3.66. The van der Waals surface area contributed by atoms with Crippen molar-refractivity contribution in [2.75, 3.05) is 6.61 Å². The third kappa shape index (κ3) is 3.62. The topological polar surface area (TPSA) is 81.4 Å². The Balaban J connectivity index is 2.08. The van der Waals surface area contributed by atoms with Gasteiger partial charge in [0.2, 0.25) is 10.0 Å². The second kappa shape index (κ2) is 6.28. The molecular weight excluding hydrogens is 292 g/mol. The maximum atomic E-state index is 12.2. The molecule has 0 aliphatic carbocycles. The standard InChI is InChI=1S/C14H18N2O4S/c1-4-19-13-7-5-12(6-8-13)9-15-21(17,18)14-10(2)16-20-11(14)3/h5-8,15H,4,9H2,1-3H3. The van der Waals surface area contributed by atoms with Crippen molar-refractivity contribution >= 4 is 10.0 Å². The van der Waals surface area contributed by atoms with Gasteiger partial charge in [0.15, 0.2) is 5.76 Å². The smallest absolute Gasteiger partial charge is 0.246 e. The summed E-state index contributed by atoms with van der Waals surface area (Å²) in [4.78, 5) is 0.105. The predicted octanol–water partition coefficient (Wildman–Crippen LogP) is 2.17. The third-order valence-corrected chi connectivity index (χ3v) is 4.58. The molecule has 0 saturated heterocycles. The van der Waals surface area contributed by atoms with Gasteiger partial charge in [-0.1, -0.05) is 17.3 Å². The number of rotatable bonds is 6. The van der Waals surface area contributed by atoms with Crippen molar-refractivity contribution in [3.8, 4) is 5.75 Å². The van der Waals surface area contributed by atoms with E-state index in [1.807, 2.05) is 31.2 Å². The Labute approximate surface area is 124 Å². The van der Waals surface area contributed by atoms with Crippen LogP contribution < -0.4 is 9.46 Å². The summed E-state index contributed by atoms with van der Waals surface area (Å²) in [6.07, 6.45) is 0. The Hall–Kier alpha value is -1.86. The van der Waals surface area contributed by atoms with Crippen molar-refractivity contribution in [3.63, 3.8) is 0 Å². The fourth-order valence-corrected chi connectivity index (χ4v) is 3.32. The molecule has 0 radical (unpaired) electrons. The van der Waals surface area contributed by atoms with E-state index in [1.54, 1.807) is 13.8 Å². The van der Waals surface area contributed by atoms with Crippen molar-refractivity contribution in [2.45, 2.75) is 32.2 Å². The molecule has 0 unspecified atom stereocenters. The van der Waals surface area contributed by atoms with Gasteiger partial charge in [-0.05, 0) is 38.5 Å². The number of hydrogen-bond donors (Lipinski definition) is 1. The zero-order chi connectivity index (χ0) is 15.5. The Morgan fingerprint density at radius 3 is 2.43 bits per heavy atom. The molecule has 0 spiro atoms. The fourth-order valence-electron chi connectivity index (χ4n) is 1.98. The number of nitrogens with zero attached hydrogens (tertiary/aromatic N) is 1. The van der Waals surface area contributed by atoms with Crippen LogP contribution in [0.4, 0.5) is 0 Å². The van der Waals surface area contributed by atoms with Crippen molar-refractivity contribution in [3.05, 3.63) is 41.3 Å². The molecule has 0 aliphatic rings. The van der Waals surface area contributed by atoms with Crippen LogP contribution in [0.3, 0.4) is 0 Å². The predicted molar refractivity (Wildman–Crippen MR) is 77.6 cm³/mol. The Morgan fingerprint density at radius 1 is 1.24 bits per heavy atom. The van der Waals surface area contributed by atoms with Crippen LogP contribution in [0.1, 0.15) is 23.9 Å². The number of ether oxygens (including phenoxy) is 1. The van der Waals surface area contributed by atoms with E-state index in [0.29, 0.717) is 12.3 Å². The molecule has 0 saturated carbocycles. The van der Waals surface area contributed by atoms with E-state index in [0.717, 1.165) is 11.3 Å². The molecule has 0 atom stereocenters. The molecule has 0 amide bonds. The van der Waals surface area contributed by atoms with Gasteiger partial charge in [0.05, 0.1) is 6.61 Å². The minimum absolute atomic E-state index is 0.105. The van der Waals surface area contributed by atoms with Gasteiger partial charge in [0, 0.05) is 6.54 Å². The maximum absolute atomic E-state index is 12.2. The lowest BCUT2D eigenvalue weighted by Gasteiger charge is -2.07. The molecule has 0 bridgehead atoms. The van der Waals surface area contributed by atoms with E-state index < -0.39 is 10.0 Å². The highest BCUT2D eigenvalue weighted by Gasteiger charge is 2.23. The second-order valence-electron chi connectivity index (χ2n) is 4.55. The van der Waals surface area contributed by atoms with Gasteiger partial charge < -0.3 is 9.26 Å². The van der Waals surface area contributed by atoms with Gasteiger partial charge >= 0.3 is 0 Å². The lowest BCUT2D eigenvalue weighted by Crippen LogP contribution is -2.24. The number of nitrogens with one attached hydrogen (secondary N) is 1. The lowest BCUT2D eigenvalue weighted by atomic mass is 10.2. The summed E-state index contributed by atoms with van der Waals surface area (Å²) < 4.78 is 37.3. The first-order valence-electron chi connectivity index (χ1n) is 6.58. The van der Waals surface area contributed by atoms with E-state index in [1.165, 1.54) is 0 Å². The largest absolute Gasteiger partial charge is 0.494 e. The van der Waals surface area contributed by atoms with Crippen LogP contribution in [0.25, 0.3) is 0 Å². The summed E-state index contributed by atoms with van der Waals surface area (Å²) in [5.41, 5.74) is 1.19. The quantitative estimate of drug-likeness (QED) is 0.884. The van der Waals surface area contributed by atoms with Gasteiger partial charge in [-0.15, -0.1) is 0 Å². The van der Waals surface area contributed by atoms with Crippen LogP contribution in [-0.4, -0.2) is 20.2 Å². The molecule has 0 fully saturated rings. The van der Waals surface area contributed by atoms with Crippen LogP contribution in [0, 0.1) is 13.8 Å². The Bertz CT molecular complexity index is 686. The van der Waals surface area contributed by atoms with Crippen molar-refractivity contribution in [2.24, 2.45) is 0 Å². The SMILES string of the molecule is CCOc1ccc(CNS(=O)(=O)c2c(C)noc2C)cc1. The summed E-state index contributed by atoms with van der Waals surface area (Å²) >= 11 is 0. The first-order valence-corrected chi connectivity index (χ1v) is 8.06. The van der Waals surface area contributed by atoms with Crippen LogP contribution in [0.2, 0.25) is 0 Å². The average molecular weight is 310 g/mol. The van der Waals surface area contributed by atoms with E-state index in [2.05, 4.69) is 9.88 Å². The van der Waals surface area contributed by atoms with E-state index in [-0.39, 0.29) is 17.2 Å². The van der Waals surface area contributed by atoms with Crippen molar-refractivity contribution < 1.29 is 17.7 Å². The van der Waals surface area contributed by atoms with E-state index in [4.69, 9.17) is 9.26 Å². The highest BCUT2D eigenvalue weighted by Crippen LogP contribution is 2.19. The average Bonchev–Trinajstić information content (AvgIpc) is 2.78. The molecule has 114 valence electrons. The molecule has 21 heavy (non-hydrogen) atoms. The first kappa shape index (κ1) is 15.5. The van der Waals surface area contributed by atoms with E-state index >= 15 is 0 Å². The van der Waals surface area contributed by atoms with Gasteiger partial charge in [-0.3, -0.25) is 0 Å². The zero-order valence-corrected chi connectivity index (χ0v) is 13.0. The van der Waals surface area contributed by atoms with Gasteiger partial charge in [-0.2, -0.15) is 0 Å². The molecule has 2 rings (SSSR count). The molecule has 1 N–H and O–H groups in total. The molecule has 0 aliphatic heterocycles. The number of aromatic nitrogens is 1. The van der Waals surface area contributed by atoms with Gasteiger partial charge in [0.1, 0.15) is 16.3 Å². The molecule has 6 nitrogen and oxygen atoms in total. The van der Waals surface area contributed by atoms with Crippen molar-refractivity contribution in [1.29, 1.82) is 0 Å². The molecule has 7 heteroatoms. The Kier molecular flexibility index (Phi) is 4.64. The summed E-state index contributed by atoms with van der Waals surface area (Å²) in [6, 6.07) is 7.26. The third-order valence-electron chi connectivity index (χ3n) is 2.94. The van der Waals surface area contributed by atoms with Crippen molar-refractivity contribution in [1.82, 2.24) is 9.88 Å². The maximum Gasteiger partial charge on any atom is 0.246 e.